The minimum absolute atomic E-state index is 0.290. The molecule has 16 heteroatoms. The Bertz CT molecular complexity index is 1690. The second-order valence-corrected chi connectivity index (χ2v) is 10.6. The maximum Gasteiger partial charge on any atom is 0.330 e. The van der Waals surface area contributed by atoms with Crippen LogP contribution in [0.2, 0.25) is 0 Å². The molecule has 2 aromatic carbocycles. The molecule has 244 valence electrons. The quantitative estimate of drug-likeness (QED) is 0.126. The summed E-state index contributed by atoms with van der Waals surface area (Å²) >= 11 is 0. The fourth-order valence-electron chi connectivity index (χ4n) is 5.05. The number of benzene rings is 2. The number of anilines is 1. The van der Waals surface area contributed by atoms with E-state index in [0.717, 1.165) is 28.5 Å². The highest BCUT2D eigenvalue weighted by atomic mass is 16.7. The average molecular weight is 641 g/mol. The molecule has 3 heterocycles. The van der Waals surface area contributed by atoms with Gasteiger partial charge < -0.3 is 50.4 Å². The summed E-state index contributed by atoms with van der Waals surface area (Å²) in [6.45, 7) is -0.468. The maximum atomic E-state index is 13.1. The Hall–Kier alpha value is -4.84. The van der Waals surface area contributed by atoms with Gasteiger partial charge in [0.1, 0.15) is 36.8 Å². The van der Waals surface area contributed by atoms with E-state index in [1.54, 1.807) is 24.3 Å². The minimum Gasteiger partial charge on any atom is -0.489 e. The van der Waals surface area contributed by atoms with Crippen LogP contribution < -0.4 is 27.0 Å². The van der Waals surface area contributed by atoms with E-state index in [4.69, 9.17) is 24.7 Å². The molecule has 16 nitrogen and oxygen atoms in total. The van der Waals surface area contributed by atoms with Crippen LogP contribution in [0.5, 0.6) is 5.75 Å². The van der Waals surface area contributed by atoms with Crippen LogP contribution in [0.1, 0.15) is 11.8 Å². The molecule has 1 aromatic heterocycles. The summed E-state index contributed by atoms with van der Waals surface area (Å²) in [6.07, 6.45) is -9.76. The number of nitrogens with zero attached hydrogens (tertiary/aromatic N) is 1. The molecule has 8 N–H and O–H groups in total. The standard InChI is InChI=1S/C30H32N4O12/c31-26(40)25(24-18(13-35)22(38)28(45-24)34-10-9-21(37)33-30(34)42)46-29-23(39)19(36)12-20(44-29)27(41)32-16-7-4-8-17(11-16)43-14-15-5-2-1-3-6-15/h1-12,18-19,22-25,28-29,35-36,38-39H,13-14H2,(H2,31,40)(H,32,41)(H,33,37,42)/t18-,19-,22+,23-,24-,25+,28+,29+/m0/s1. The monoisotopic (exact) mass is 640 g/mol. The molecule has 5 rings (SSSR count). The summed E-state index contributed by atoms with van der Waals surface area (Å²) in [7, 11) is 0. The van der Waals surface area contributed by atoms with Crippen molar-refractivity contribution in [1.29, 1.82) is 0 Å². The normalized spacial score (nSPS) is 26.4. The predicted molar refractivity (Wildman–Crippen MR) is 157 cm³/mol. The number of aromatic nitrogens is 2. The number of H-pyrrole nitrogens is 1. The molecule has 3 aromatic rings. The molecule has 2 aliphatic heterocycles. The van der Waals surface area contributed by atoms with Crippen LogP contribution in [0, 0.1) is 5.92 Å². The van der Waals surface area contributed by atoms with Gasteiger partial charge in [-0.2, -0.15) is 0 Å². The molecular formula is C30H32N4O12. The zero-order valence-electron chi connectivity index (χ0n) is 24.0. The van der Waals surface area contributed by atoms with E-state index in [0.29, 0.717) is 11.4 Å². The molecule has 2 aliphatic rings. The Kier molecular flexibility index (Phi) is 9.96. The van der Waals surface area contributed by atoms with Gasteiger partial charge in [-0.15, -0.1) is 0 Å². The van der Waals surface area contributed by atoms with E-state index < -0.39 is 84.4 Å². The second kappa shape index (κ2) is 14.1. The van der Waals surface area contributed by atoms with E-state index in [1.807, 2.05) is 35.3 Å². The third kappa shape index (κ3) is 7.17. The highest BCUT2D eigenvalue weighted by Crippen LogP contribution is 2.36. The Labute approximate surface area is 260 Å². The number of carbonyl (C=O) groups excluding carboxylic acids is 2. The van der Waals surface area contributed by atoms with Crippen molar-refractivity contribution in [1.82, 2.24) is 9.55 Å². The number of hydrogen-bond acceptors (Lipinski definition) is 12. The maximum absolute atomic E-state index is 13.1. The fraction of sp³-hybridized carbons (Fsp3) is 0.333. The molecular weight excluding hydrogens is 608 g/mol. The number of nitrogens with one attached hydrogen (secondary N) is 2. The van der Waals surface area contributed by atoms with Gasteiger partial charge >= 0.3 is 5.69 Å². The number of aliphatic hydroxyl groups is 4. The zero-order valence-corrected chi connectivity index (χ0v) is 24.0. The molecule has 0 spiro atoms. The van der Waals surface area contributed by atoms with Crippen LogP contribution in [0.15, 0.2) is 88.3 Å². The lowest BCUT2D eigenvalue weighted by Crippen LogP contribution is -2.52. The highest BCUT2D eigenvalue weighted by Gasteiger charge is 2.51. The summed E-state index contributed by atoms with van der Waals surface area (Å²) in [5, 5.41) is 44.5. The lowest BCUT2D eigenvalue weighted by molar-refractivity contribution is -0.239. The van der Waals surface area contributed by atoms with Gasteiger partial charge in [0.15, 0.2) is 18.1 Å². The van der Waals surface area contributed by atoms with Crippen molar-refractivity contribution in [3.05, 3.63) is 105 Å². The van der Waals surface area contributed by atoms with E-state index in [9.17, 15) is 39.6 Å². The van der Waals surface area contributed by atoms with Crippen molar-refractivity contribution in [2.45, 2.75) is 49.6 Å². The second-order valence-electron chi connectivity index (χ2n) is 10.6. The van der Waals surface area contributed by atoms with Crippen LogP contribution in [-0.2, 0) is 30.4 Å². The van der Waals surface area contributed by atoms with Gasteiger partial charge in [0.25, 0.3) is 11.5 Å². The zero-order chi connectivity index (χ0) is 33.0. The predicted octanol–water partition coefficient (Wildman–Crippen LogP) is -1.55. The third-order valence-corrected chi connectivity index (χ3v) is 7.40. The molecule has 0 bridgehead atoms. The molecule has 2 amide bonds. The van der Waals surface area contributed by atoms with E-state index in [2.05, 4.69) is 5.32 Å². The van der Waals surface area contributed by atoms with Crippen molar-refractivity contribution >= 4 is 17.5 Å². The summed E-state index contributed by atoms with van der Waals surface area (Å²) < 4.78 is 23.5. The number of primary amides is 1. The van der Waals surface area contributed by atoms with Gasteiger partial charge in [-0.25, -0.2) is 4.79 Å². The van der Waals surface area contributed by atoms with Gasteiger partial charge in [-0.3, -0.25) is 23.9 Å². The Balaban J connectivity index is 1.28. The van der Waals surface area contributed by atoms with E-state index >= 15 is 0 Å². The molecule has 1 fully saturated rings. The van der Waals surface area contributed by atoms with Gasteiger partial charge in [-0.1, -0.05) is 36.4 Å². The van der Waals surface area contributed by atoms with Gasteiger partial charge in [-0.05, 0) is 23.8 Å². The molecule has 0 aliphatic carbocycles. The van der Waals surface area contributed by atoms with Crippen LogP contribution in [0.25, 0.3) is 0 Å². The summed E-state index contributed by atoms with van der Waals surface area (Å²) in [5.74, 6) is -3.27. The number of amides is 2. The number of aliphatic hydroxyl groups excluding tert-OH is 4. The van der Waals surface area contributed by atoms with Gasteiger partial charge in [0, 0.05) is 29.9 Å². The first-order chi connectivity index (χ1) is 22.0. The van der Waals surface area contributed by atoms with E-state index in [-0.39, 0.29) is 6.61 Å². The smallest absolute Gasteiger partial charge is 0.330 e. The molecule has 1 saturated heterocycles. The van der Waals surface area contributed by atoms with Crippen LogP contribution in [0.3, 0.4) is 0 Å². The van der Waals surface area contributed by atoms with Gasteiger partial charge in [0.2, 0.25) is 12.2 Å². The number of rotatable bonds is 11. The number of aromatic amines is 1. The first-order valence-electron chi connectivity index (χ1n) is 14.1. The largest absolute Gasteiger partial charge is 0.489 e. The number of ether oxygens (including phenoxy) is 4. The summed E-state index contributed by atoms with van der Waals surface area (Å²) in [6, 6.07) is 16.9. The summed E-state index contributed by atoms with van der Waals surface area (Å²) in [4.78, 5) is 51.4. The minimum atomic E-state index is -1.85. The lowest BCUT2D eigenvalue weighted by atomic mass is 9.94. The first kappa shape index (κ1) is 32.6. The number of hydrogen-bond donors (Lipinski definition) is 7. The van der Waals surface area contributed by atoms with Crippen LogP contribution >= 0.6 is 0 Å². The van der Waals surface area contributed by atoms with Crippen LogP contribution in [0.4, 0.5) is 5.69 Å². The molecule has 46 heavy (non-hydrogen) atoms. The molecule has 0 unspecified atom stereocenters. The number of carbonyl (C=O) groups is 2. The van der Waals surface area contributed by atoms with Crippen molar-refractivity contribution in [3.63, 3.8) is 0 Å². The Morgan fingerprint density at radius 2 is 1.80 bits per heavy atom. The average Bonchev–Trinajstić information content (AvgIpc) is 3.36. The van der Waals surface area contributed by atoms with Crippen molar-refractivity contribution in [2.24, 2.45) is 11.7 Å². The Morgan fingerprint density at radius 1 is 1.04 bits per heavy atom. The molecule has 0 saturated carbocycles. The van der Waals surface area contributed by atoms with Gasteiger partial charge in [0.05, 0.1) is 6.61 Å². The van der Waals surface area contributed by atoms with Crippen LogP contribution in [-0.4, -0.2) is 85.2 Å². The van der Waals surface area contributed by atoms with E-state index in [1.165, 1.54) is 0 Å². The van der Waals surface area contributed by atoms with Crippen molar-refractivity contribution in [3.8, 4) is 5.75 Å². The SMILES string of the molecule is NC(=O)[C@H](O[C@H]1OC(C(=O)Nc2cccc(OCc3ccccc3)c2)=C[C@H](O)[C@@H]1O)[C@H]1O[C@@H](n2ccc(=O)[nH]c2=O)[C@H](O)[C@@H]1CO. The lowest BCUT2D eigenvalue weighted by Gasteiger charge is -2.35. The Morgan fingerprint density at radius 3 is 2.50 bits per heavy atom. The summed E-state index contributed by atoms with van der Waals surface area (Å²) in [5.41, 5.74) is 5.17. The van der Waals surface area contributed by atoms with Crippen molar-refractivity contribution < 1.29 is 49.0 Å². The molecule has 8 atom stereocenters. The fourth-order valence-corrected chi connectivity index (χ4v) is 5.05. The third-order valence-electron chi connectivity index (χ3n) is 7.40. The first-order valence-corrected chi connectivity index (χ1v) is 14.1. The van der Waals surface area contributed by atoms with Crippen molar-refractivity contribution in [2.75, 3.05) is 11.9 Å². The number of nitrogens with two attached hydrogens (primary N) is 1. The molecule has 0 radical (unpaired) electrons. The topological polar surface area (TPSA) is 245 Å². The highest BCUT2D eigenvalue weighted by molar-refractivity contribution is 6.02.